The first kappa shape index (κ1) is 22.1. The number of hydrogen-bond donors (Lipinski definition) is 3. The van der Waals surface area contributed by atoms with E-state index in [1.165, 1.54) is 0 Å². The Morgan fingerprint density at radius 2 is 2.11 bits per heavy atom. The van der Waals surface area contributed by atoms with Gasteiger partial charge in [-0.2, -0.15) is 13.2 Å². The van der Waals surface area contributed by atoms with Crippen molar-refractivity contribution in [1.29, 1.82) is 0 Å². The number of pyridine rings is 1. The number of halogens is 4. The van der Waals surface area contributed by atoms with E-state index in [1.807, 2.05) is 6.92 Å². The Bertz CT molecular complexity index is 919. The molecule has 0 amide bonds. The molecule has 0 radical (unpaired) electrons. The van der Waals surface area contributed by atoms with Crippen molar-refractivity contribution >= 4 is 38.8 Å². The number of aliphatic carboxylic acids is 1. The number of nitrogens with zero attached hydrogens (tertiary/aromatic N) is 3. The maximum Gasteiger partial charge on any atom is 0.490 e. The third kappa shape index (κ3) is 4.98. The van der Waals surface area contributed by atoms with Crippen LogP contribution in [0.2, 0.25) is 0 Å². The van der Waals surface area contributed by atoms with Crippen LogP contribution < -0.4 is 15.6 Å². The number of carboxylic acids is 1. The number of aromatic nitrogens is 3. The molecule has 3 N–H and O–H groups in total. The van der Waals surface area contributed by atoms with Gasteiger partial charge in [0.15, 0.2) is 11.2 Å². The Morgan fingerprint density at radius 1 is 1.46 bits per heavy atom. The second-order valence-electron chi connectivity index (χ2n) is 6.07. The summed E-state index contributed by atoms with van der Waals surface area (Å²) in [4.78, 5) is 35.8. The fourth-order valence-electron chi connectivity index (χ4n) is 2.80. The van der Waals surface area contributed by atoms with Crippen molar-refractivity contribution in [3.8, 4) is 0 Å². The van der Waals surface area contributed by atoms with Crippen LogP contribution in [-0.4, -0.2) is 57.9 Å². The van der Waals surface area contributed by atoms with Crippen LogP contribution in [-0.2, 0) is 11.2 Å². The standard InChI is InChI=1S/C14H18BrN5O.C2HF3O2/c1-3-9-12(20-5-4-16-6-8(20)2)13(21)11-14(18-9)17-7-10(15)19-11;3-2(4,5)1(6)7/h7-8,16H,3-6H2,1-2H3,(H,17,18,21);(H,6,7). The van der Waals surface area contributed by atoms with E-state index in [4.69, 9.17) is 9.90 Å². The lowest BCUT2D eigenvalue weighted by Gasteiger charge is -2.36. The molecule has 2 aromatic heterocycles. The fraction of sp³-hybridized carbons (Fsp3) is 0.500. The molecule has 1 saturated heterocycles. The van der Waals surface area contributed by atoms with Gasteiger partial charge in [-0.1, -0.05) is 6.92 Å². The zero-order chi connectivity index (χ0) is 21.1. The SMILES string of the molecule is CCc1[nH]c2ncc(Br)nc2c(=O)c1N1CCNCC1C.O=C(O)C(F)(F)F. The minimum Gasteiger partial charge on any atom is -0.475 e. The van der Waals surface area contributed by atoms with Gasteiger partial charge in [0, 0.05) is 31.4 Å². The molecule has 28 heavy (non-hydrogen) atoms. The number of anilines is 1. The highest BCUT2D eigenvalue weighted by Crippen LogP contribution is 2.21. The third-order valence-electron chi connectivity index (χ3n) is 4.11. The van der Waals surface area contributed by atoms with Gasteiger partial charge in [0.05, 0.1) is 6.20 Å². The van der Waals surface area contributed by atoms with Crippen LogP contribution in [0.1, 0.15) is 19.5 Å². The molecule has 1 aliphatic heterocycles. The predicted octanol–water partition coefficient (Wildman–Crippen LogP) is 2.07. The van der Waals surface area contributed by atoms with E-state index in [-0.39, 0.29) is 11.5 Å². The molecule has 0 bridgehead atoms. The molecule has 0 saturated carbocycles. The normalized spacial score (nSPS) is 17.2. The molecule has 1 aliphatic rings. The number of rotatable bonds is 2. The molecular weight excluding hydrogens is 447 g/mol. The van der Waals surface area contributed by atoms with E-state index in [0.717, 1.165) is 37.4 Å². The number of carbonyl (C=O) groups is 1. The van der Waals surface area contributed by atoms with Gasteiger partial charge in [-0.15, -0.1) is 0 Å². The Morgan fingerprint density at radius 3 is 2.64 bits per heavy atom. The van der Waals surface area contributed by atoms with Crippen molar-refractivity contribution in [1.82, 2.24) is 20.3 Å². The molecule has 1 fully saturated rings. The van der Waals surface area contributed by atoms with E-state index in [9.17, 15) is 18.0 Å². The van der Waals surface area contributed by atoms with Crippen molar-refractivity contribution in [2.45, 2.75) is 32.5 Å². The van der Waals surface area contributed by atoms with E-state index in [2.05, 4.69) is 48.0 Å². The van der Waals surface area contributed by atoms with E-state index < -0.39 is 12.1 Å². The van der Waals surface area contributed by atoms with Crippen LogP contribution in [0.15, 0.2) is 15.6 Å². The number of piperazine rings is 1. The molecule has 3 rings (SSSR count). The van der Waals surface area contributed by atoms with Gasteiger partial charge in [0.2, 0.25) is 5.43 Å². The zero-order valence-electron chi connectivity index (χ0n) is 15.1. The van der Waals surface area contributed by atoms with Crippen LogP contribution in [0.25, 0.3) is 11.2 Å². The summed E-state index contributed by atoms with van der Waals surface area (Å²) in [6.07, 6.45) is -2.72. The summed E-state index contributed by atoms with van der Waals surface area (Å²) in [5.41, 5.74) is 2.57. The topological polar surface area (TPSA) is 111 Å². The minimum absolute atomic E-state index is 0.0387. The summed E-state index contributed by atoms with van der Waals surface area (Å²) in [6.45, 7) is 6.76. The van der Waals surface area contributed by atoms with Crippen molar-refractivity contribution in [3.05, 3.63) is 26.7 Å². The van der Waals surface area contributed by atoms with E-state index in [0.29, 0.717) is 15.8 Å². The van der Waals surface area contributed by atoms with Gasteiger partial charge < -0.3 is 20.3 Å². The summed E-state index contributed by atoms with van der Waals surface area (Å²) in [6, 6.07) is 0.280. The number of nitrogens with one attached hydrogen (secondary N) is 2. The highest BCUT2D eigenvalue weighted by molar-refractivity contribution is 9.10. The molecular formula is C16H19BrF3N5O3. The van der Waals surface area contributed by atoms with Crippen LogP contribution in [0.5, 0.6) is 0 Å². The van der Waals surface area contributed by atoms with Crippen LogP contribution in [0.4, 0.5) is 18.9 Å². The number of carboxylic acid groups (broad SMARTS) is 1. The number of alkyl halides is 3. The molecule has 3 heterocycles. The van der Waals surface area contributed by atoms with Crippen molar-refractivity contribution in [2.24, 2.45) is 0 Å². The summed E-state index contributed by atoms with van der Waals surface area (Å²) >= 11 is 3.28. The highest BCUT2D eigenvalue weighted by Gasteiger charge is 2.38. The quantitative estimate of drug-likeness (QED) is 0.622. The van der Waals surface area contributed by atoms with Gasteiger partial charge in [-0.05, 0) is 29.3 Å². The van der Waals surface area contributed by atoms with Gasteiger partial charge in [0.25, 0.3) is 0 Å². The smallest absolute Gasteiger partial charge is 0.475 e. The number of aromatic amines is 1. The maximum absolute atomic E-state index is 12.9. The Labute approximate surface area is 166 Å². The lowest BCUT2D eigenvalue weighted by Crippen LogP contribution is -2.51. The van der Waals surface area contributed by atoms with Crippen molar-refractivity contribution in [2.75, 3.05) is 24.5 Å². The first-order valence-electron chi connectivity index (χ1n) is 8.41. The average molecular weight is 466 g/mol. The molecule has 2 aromatic rings. The first-order valence-corrected chi connectivity index (χ1v) is 9.20. The minimum atomic E-state index is -5.08. The van der Waals surface area contributed by atoms with Gasteiger partial charge in [-0.25, -0.2) is 14.8 Å². The Balaban J connectivity index is 0.000000345. The van der Waals surface area contributed by atoms with Gasteiger partial charge in [-0.3, -0.25) is 4.79 Å². The van der Waals surface area contributed by atoms with Crippen LogP contribution in [0, 0.1) is 0 Å². The average Bonchev–Trinajstić information content (AvgIpc) is 2.62. The summed E-state index contributed by atoms with van der Waals surface area (Å²) in [7, 11) is 0. The first-order chi connectivity index (χ1) is 13.1. The van der Waals surface area contributed by atoms with E-state index in [1.54, 1.807) is 6.20 Å². The van der Waals surface area contributed by atoms with Crippen LogP contribution >= 0.6 is 15.9 Å². The molecule has 8 nitrogen and oxygen atoms in total. The molecule has 0 spiro atoms. The second-order valence-corrected chi connectivity index (χ2v) is 6.89. The molecule has 1 atom stereocenters. The Kier molecular flexibility index (Phi) is 6.99. The maximum atomic E-state index is 12.9. The zero-order valence-corrected chi connectivity index (χ0v) is 16.7. The summed E-state index contributed by atoms with van der Waals surface area (Å²) in [5.74, 6) is -2.76. The number of hydrogen-bond acceptors (Lipinski definition) is 6. The molecule has 0 aliphatic carbocycles. The monoisotopic (exact) mass is 465 g/mol. The molecule has 12 heteroatoms. The lowest BCUT2D eigenvalue weighted by atomic mass is 10.1. The van der Waals surface area contributed by atoms with Crippen LogP contribution in [0.3, 0.4) is 0 Å². The fourth-order valence-corrected chi connectivity index (χ4v) is 3.08. The molecule has 1 unspecified atom stereocenters. The summed E-state index contributed by atoms with van der Waals surface area (Å²) in [5, 5.41) is 10.5. The molecule has 0 aromatic carbocycles. The van der Waals surface area contributed by atoms with Crippen molar-refractivity contribution in [3.63, 3.8) is 0 Å². The summed E-state index contributed by atoms with van der Waals surface area (Å²) < 4.78 is 32.3. The van der Waals surface area contributed by atoms with Gasteiger partial charge in [0.1, 0.15) is 10.3 Å². The predicted molar refractivity (Wildman–Crippen MR) is 101 cm³/mol. The number of fused-ring (bicyclic) bond motifs is 1. The third-order valence-corrected chi connectivity index (χ3v) is 4.50. The second kappa shape index (κ2) is 8.86. The largest absolute Gasteiger partial charge is 0.490 e. The molecule has 154 valence electrons. The highest BCUT2D eigenvalue weighted by atomic mass is 79.9. The number of aryl methyl sites for hydroxylation is 1. The van der Waals surface area contributed by atoms with E-state index >= 15 is 0 Å². The van der Waals surface area contributed by atoms with Gasteiger partial charge >= 0.3 is 12.1 Å². The lowest BCUT2D eigenvalue weighted by molar-refractivity contribution is -0.192. The Hall–Kier alpha value is -2.21. The number of H-pyrrole nitrogens is 1. The van der Waals surface area contributed by atoms with Crippen molar-refractivity contribution < 1.29 is 23.1 Å².